The average Bonchev–Trinajstić information content (AvgIpc) is 2.56. The van der Waals surface area contributed by atoms with Gasteiger partial charge in [0.2, 0.25) is 5.91 Å². The number of carbonyl (C=O) groups is 1. The van der Waals surface area contributed by atoms with Gasteiger partial charge in [-0.2, -0.15) is 0 Å². The van der Waals surface area contributed by atoms with Gasteiger partial charge in [0.05, 0.1) is 12.1 Å². The van der Waals surface area contributed by atoms with Crippen LogP contribution in [0.15, 0.2) is 30.3 Å². The van der Waals surface area contributed by atoms with Crippen molar-refractivity contribution in [3.05, 3.63) is 35.9 Å². The predicted molar refractivity (Wildman–Crippen MR) is 86.4 cm³/mol. The van der Waals surface area contributed by atoms with Gasteiger partial charge in [0.15, 0.2) is 0 Å². The molecule has 1 aliphatic heterocycles. The summed E-state index contributed by atoms with van der Waals surface area (Å²) in [5, 5.41) is 9.61. The van der Waals surface area contributed by atoms with Gasteiger partial charge in [-0.25, -0.2) is 0 Å². The lowest BCUT2D eigenvalue weighted by atomic mass is 9.86. The summed E-state index contributed by atoms with van der Waals surface area (Å²) >= 11 is 0. The summed E-state index contributed by atoms with van der Waals surface area (Å²) in [5.41, 5.74) is 1.28. The Morgan fingerprint density at radius 2 is 1.77 bits per heavy atom. The van der Waals surface area contributed by atoms with E-state index in [1.165, 1.54) is 5.56 Å². The first-order valence-electron chi connectivity index (χ1n) is 8.37. The van der Waals surface area contributed by atoms with Crippen molar-refractivity contribution in [2.45, 2.75) is 37.8 Å². The number of aliphatic hydroxyl groups excluding tert-OH is 1. The van der Waals surface area contributed by atoms with Crippen LogP contribution < -0.4 is 0 Å². The van der Waals surface area contributed by atoms with Crippen LogP contribution in [0.2, 0.25) is 0 Å². The lowest BCUT2D eigenvalue weighted by Crippen LogP contribution is -2.51. The van der Waals surface area contributed by atoms with Crippen LogP contribution in [0.1, 0.15) is 37.3 Å². The molecule has 1 saturated carbocycles. The first kappa shape index (κ1) is 15.5. The van der Waals surface area contributed by atoms with Gasteiger partial charge in [-0.15, -0.1) is 0 Å². The molecule has 0 radical (unpaired) electrons. The van der Waals surface area contributed by atoms with E-state index in [-0.39, 0.29) is 18.1 Å². The largest absolute Gasteiger partial charge is 0.393 e. The van der Waals surface area contributed by atoms with E-state index >= 15 is 0 Å². The van der Waals surface area contributed by atoms with E-state index in [4.69, 9.17) is 0 Å². The Balaban J connectivity index is 1.66. The highest BCUT2D eigenvalue weighted by molar-refractivity contribution is 5.79. The average molecular weight is 302 g/mol. The molecular weight excluding hydrogens is 276 g/mol. The van der Waals surface area contributed by atoms with Gasteiger partial charge < -0.3 is 10.0 Å². The first-order chi connectivity index (χ1) is 10.6. The van der Waals surface area contributed by atoms with E-state index in [2.05, 4.69) is 36.2 Å². The number of aliphatic hydroxyl groups is 1. The van der Waals surface area contributed by atoms with E-state index in [1.54, 1.807) is 0 Å². The Morgan fingerprint density at radius 1 is 1.09 bits per heavy atom. The van der Waals surface area contributed by atoms with Gasteiger partial charge in [-0.3, -0.25) is 9.69 Å². The topological polar surface area (TPSA) is 43.8 Å². The second-order valence-electron chi connectivity index (χ2n) is 6.70. The maximum absolute atomic E-state index is 12.8. The predicted octanol–water partition coefficient (Wildman–Crippen LogP) is 2.05. The summed E-state index contributed by atoms with van der Waals surface area (Å²) in [4.78, 5) is 17.1. The van der Waals surface area contributed by atoms with E-state index in [1.807, 2.05) is 11.0 Å². The maximum Gasteiger partial charge on any atom is 0.225 e. The van der Waals surface area contributed by atoms with Crippen LogP contribution >= 0.6 is 0 Å². The van der Waals surface area contributed by atoms with Crippen LogP contribution in [0.3, 0.4) is 0 Å². The molecule has 1 atom stereocenters. The highest BCUT2D eigenvalue weighted by Gasteiger charge is 2.33. The first-order valence-corrected chi connectivity index (χ1v) is 8.37. The van der Waals surface area contributed by atoms with Crippen molar-refractivity contribution < 1.29 is 9.90 Å². The zero-order chi connectivity index (χ0) is 15.5. The quantitative estimate of drug-likeness (QED) is 0.909. The fraction of sp³-hybridized carbons (Fsp3) is 0.611. The third kappa shape index (κ3) is 3.33. The molecule has 2 aliphatic rings. The van der Waals surface area contributed by atoms with Crippen molar-refractivity contribution in [1.82, 2.24) is 9.80 Å². The summed E-state index contributed by atoms with van der Waals surface area (Å²) in [5.74, 6) is 0.407. The minimum atomic E-state index is -0.200. The normalized spacial score (nSPS) is 30.3. The number of carbonyl (C=O) groups excluding carboxylic acids is 1. The lowest BCUT2D eigenvalue weighted by Gasteiger charge is -2.41. The maximum atomic E-state index is 12.8. The van der Waals surface area contributed by atoms with E-state index in [9.17, 15) is 9.90 Å². The molecule has 120 valence electrons. The van der Waals surface area contributed by atoms with Crippen molar-refractivity contribution in [2.75, 3.05) is 26.7 Å². The van der Waals surface area contributed by atoms with Crippen LogP contribution in [-0.4, -0.2) is 53.6 Å². The van der Waals surface area contributed by atoms with Crippen LogP contribution in [0.4, 0.5) is 0 Å². The highest BCUT2D eigenvalue weighted by atomic mass is 16.3. The Bertz CT molecular complexity index is 497. The molecule has 0 unspecified atom stereocenters. The smallest absolute Gasteiger partial charge is 0.225 e. The van der Waals surface area contributed by atoms with Crippen LogP contribution in [0.25, 0.3) is 0 Å². The summed E-state index contributed by atoms with van der Waals surface area (Å²) in [6, 6.07) is 10.7. The third-order valence-electron chi connectivity index (χ3n) is 5.19. The molecule has 1 aliphatic carbocycles. The number of rotatable bonds is 2. The summed E-state index contributed by atoms with van der Waals surface area (Å²) in [6.45, 7) is 2.51. The number of piperazine rings is 1. The molecule has 22 heavy (non-hydrogen) atoms. The SMILES string of the molecule is CN1CCN(C(=O)C2CCC(O)CC2)C[C@@H]1c1ccccc1. The molecule has 1 N–H and O–H groups in total. The number of nitrogens with zero attached hydrogens (tertiary/aromatic N) is 2. The molecule has 1 amide bonds. The van der Waals surface area contributed by atoms with Gasteiger partial charge in [-0.05, 0) is 38.3 Å². The minimum absolute atomic E-state index is 0.114. The highest BCUT2D eigenvalue weighted by Crippen LogP contribution is 2.29. The summed E-state index contributed by atoms with van der Waals surface area (Å²) in [7, 11) is 2.14. The van der Waals surface area contributed by atoms with Gasteiger partial charge >= 0.3 is 0 Å². The van der Waals surface area contributed by atoms with Crippen molar-refractivity contribution in [3.8, 4) is 0 Å². The van der Waals surface area contributed by atoms with Crippen molar-refractivity contribution >= 4 is 5.91 Å². The molecule has 1 heterocycles. The molecule has 0 spiro atoms. The molecular formula is C18H26N2O2. The fourth-order valence-corrected chi connectivity index (χ4v) is 3.69. The molecule has 1 aromatic carbocycles. The van der Waals surface area contributed by atoms with Gasteiger partial charge in [0.1, 0.15) is 0 Å². The third-order valence-corrected chi connectivity index (χ3v) is 5.19. The molecule has 0 bridgehead atoms. The number of likely N-dealkylation sites (N-methyl/N-ethyl adjacent to an activating group) is 1. The lowest BCUT2D eigenvalue weighted by molar-refractivity contribution is -0.140. The monoisotopic (exact) mass is 302 g/mol. The molecule has 0 aromatic heterocycles. The molecule has 3 rings (SSSR count). The molecule has 1 saturated heterocycles. The van der Waals surface area contributed by atoms with Crippen molar-refractivity contribution in [1.29, 1.82) is 0 Å². The Labute approximate surface area is 132 Å². The number of amides is 1. The standard InChI is InChI=1S/C18H26N2O2/c1-19-11-12-20(13-17(19)14-5-3-2-4-6-14)18(22)15-7-9-16(21)10-8-15/h2-6,15-17,21H,7-13H2,1H3/t15?,16?,17-/m1/s1. The van der Waals surface area contributed by atoms with Crippen LogP contribution in [0.5, 0.6) is 0 Å². The van der Waals surface area contributed by atoms with Crippen LogP contribution in [-0.2, 0) is 4.79 Å². The zero-order valence-corrected chi connectivity index (χ0v) is 13.3. The Hall–Kier alpha value is -1.39. The number of hydrogen-bond donors (Lipinski definition) is 1. The number of hydrogen-bond acceptors (Lipinski definition) is 3. The van der Waals surface area contributed by atoms with Gasteiger partial charge in [0.25, 0.3) is 0 Å². The minimum Gasteiger partial charge on any atom is -0.393 e. The second-order valence-corrected chi connectivity index (χ2v) is 6.70. The fourth-order valence-electron chi connectivity index (χ4n) is 3.69. The van der Waals surface area contributed by atoms with E-state index in [0.29, 0.717) is 5.91 Å². The Kier molecular flexibility index (Phi) is 4.79. The molecule has 1 aromatic rings. The van der Waals surface area contributed by atoms with Gasteiger partial charge in [0, 0.05) is 25.6 Å². The van der Waals surface area contributed by atoms with E-state index in [0.717, 1.165) is 45.3 Å². The molecule has 4 nitrogen and oxygen atoms in total. The summed E-state index contributed by atoms with van der Waals surface area (Å²) < 4.78 is 0. The number of benzene rings is 1. The molecule has 2 fully saturated rings. The Morgan fingerprint density at radius 3 is 2.45 bits per heavy atom. The zero-order valence-electron chi connectivity index (χ0n) is 13.3. The van der Waals surface area contributed by atoms with Crippen molar-refractivity contribution in [3.63, 3.8) is 0 Å². The second kappa shape index (κ2) is 6.80. The van der Waals surface area contributed by atoms with Crippen LogP contribution in [0, 0.1) is 5.92 Å². The van der Waals surface area contributed by atoms with E-state index < -0.39 is 0 Å². The van der Waals surface area contributed by atoms with Gasteiger partial charge in [-0.1, -0.05) is 30.3 Å². The molecule has 4 heteroatoms. The van der Waals surface area contributed by atoms with Crippen molar-refractivity contribution in [2.24, 2.45) is 5.92 Å². The summed E-state index contributed by atoms with van der Waals surface area (Å²) in [6.07, 6.45) is 3.01.